The van der Waals surface area contributed by atoms with Crippen LogP contribution in [-0.4, -0.2) is 23.7 Å². The van der Waals surface area contributed by atoms with Crippen molar-refractivity contribution in [1.29, 1.82) is 0 Å². The van der Waals surface area contributed by atoms with Gasteiger partial charge in [-0.2, -0.15) is 0 Å². The van der Waals surface area contributed by atoms with E-state index in [1.54, 1.807) is 24.3 Å². The third kappa shape index (κ3) is 3.82. The molecule has 1 N–H and O–H groups in total. The molecule has 1 atom stereocenters. The molecule has 0 radical (unpaired) electrons. The van der Waals surface area contributed by atoms with Gasteiger partial charge in [0.25, 0.3) is 0 Å². The number of benzene rings is 1. The highest BCUT2D eigenvalue weighted by atomic mass is 16.6. The lowest BCUT2D eigenvalue weighted by Crippen LogP contribution is -2.21. The van der Waals surface area contributed by atoms with Crippen LogP contribution in [-0.2, 0) is 14.3 Å². The minimum absolute atomic E-state index is 0.157. The van der Waals surface area contributed by atoms with E-state index in [9.17, 15) is 9.59 Å². The highest BCUT2D eigenvalue weighted by molar-refractivity contribution is 5.97. The van der Waals surface area contributed by atoms with Crippen LogP contribution in [0.4, 0.5) is 0 Å². The number of carbonyl (C=O) groups is 2. The van der Waals surface area contributed by atoms with Crippen molar-refractivity contribution in [3.05, 3.63) is 48.0 Å². The zero-order valence-electron chi connectivity index (χ0n) is 10.3. The lowest BCUT2D eigenvalue weighted by molar-refractivity contribution is -0.158. The van der Waals surface area contributed by atoms with Crippen LogP contribution >= 0.6 is 0 Å². The Kier molecular flexibility index (Phi) is 5.27. The molecular formula is C14H16O4. The molecule has 0 aliphatic rings. The van der Waals surface area contributed by atoms with E-state index in [-0.39, 0.29) is 18.6 Å². The van der Waals surface area contributed by atoms with Gasteiger partial charge in [0.15, 0.2) is 0 Å². The summed E-state index contributed by atoms with van der Waals surface area (Å²) in [4.78, 5) is 23.1. The molecule has 0 bridgehead atoms. The van der Waals surface area contributed by atoms with E-state index in [1.807, 2.05) is 6.07 Å². The predicted molar refractivity (Wildman–Crippen MR) is 66.8 cm³/mol. The number of rotatable bonds is 5. The van der Waals surface area contributed by atoms with Gasteiger partial charge >= 0.3 is 11.9 Å². The smallest absolute Gasteiger partial charge is 0.340 e. The molecule has 18 heavy (non-hydrogen) atoms. The molecule has 0 aromatic heterocycles. The van der Waals surface area contributed by atoms with Gasteiger partial charge in [0.05, 0.1) is 5.92 Å². The monoisotopic (exact) mass is 248 g/mol. The van der Waals surface area contributed by atoms with E-state index in [2.05, 4.69) is 6.58 Å². The average Bonchev–Trinajstić information content (AvgIpc) is 2.36. The molecule has 1 aromatic rings. The minimum atomic E-state index is -0.737. The maximum absolute atomic E-state index is 11.9. The first-order chi connectivity index (χ1) is 8.56. The molecule has 0 fully saturated rings. The molecule has 0 saturated carbocycles. The first-order valence-electron chi connectivity index (χ1n) is 5.63. The van der Waals surface area contributed by atoms with Crippen LogP contribution in [0.25, 0.3) is 0 Å². The zero-order chi connectivity index (χ0) is 13.5. The van der Waals surface area contributed by atoms with Crippen molar-refractivity contribution in [2.24, 2.45) is 0 Å². The zero-order valence-corrected chi connectivity index (χ0v) is 10.3. The largest absolute Gasteiger partial charge is 0.396 e. The van der Waals surface area contributed by atoms with Crippen LogP contribution in [0, 0.1) is 0 Å². The third-order valence-corrected chi connectivity index (χ3v) is 2.45. The molecule has 0 aliphatic heterocycles. The summed E-state index contributed by atoms with van der Waals surface area (Å²) in [5.41, 5.74) is 0.880. The predicted octanol–water partition coefficient (Wildman–Crippen LogP) is 1.80. The lowest BCUT2D eigenvalue weighted by Gasteiger charge is -2.14. The number of ether oxygens (including phenoxy) is 1. The third-order valence-electron chi connectivity index (χ3n) is 2.45. The summed E-state index contributed by atoms with van der Waals surface area (Å²) in [7, 11) is 0. The summed E-state index contributed by atoms with van der Waals surface area (Å²) in [6, 6.07) is 8.91. The molecule has 0 spiro atoms. The fourth-order valence-corrected chi connectivity index (χ4v) is 1.48. The van der Waals surface area contributed by atoms with Gasteiger partial charge in [-0.05, 0) is 18.9 Å². The summed E-state index contributed by atoms with van der Waals surface area (Å²) in [5, 5.41) is 8.98. The fourth-order valence-electron chi connectivity index (χ4n) is 1.48. The van der Waals surface area contributed by atoms with Gasteiger partial charge in [-0.25, -0.2) is 4.79 Å². The number of carbonyl (C=O) groups excluding carboxylic acids is 2. The Morgan fingerprint density at radius 2 is 1.94 bits per heavy atom. The van der Waals surface area contributed by atoms with E-state index in [0.29, 0.717) is 5.56 Å². The van der Waals surface area contributed by atoms with Crippen LogP contribution < -0.4 is 0 Å². The molecule has 4 heteroatoms. The normalized spacial score (nSPS) is 11.7. The second kappa shape index (κ2) is 6.71. The van der Waals surface area contributed by atoms with E-state index in [0.717, 1.165) is 0 Å². The molecule has 0 amide bonds. The first kappa shape index (κ1) is 14.1. The van der Waals surface area contributed by atoms with Crippen molar-refractivity contribution in [2.75, 3.05) is 6.61 Å². The van der Waals surface area contributed by atoms with Gasteiger partial charge < -0.3 is 9.84 Å². The van der Waals surface area contributed by atoms with Gasteiger partial charge in [-0.15, -0.1) is 0 Å². The van der Waals surface area contributed by atoms with E-state index < -0.39 is 17.9 Å². The molecule has 0 saturated heterocycles. The summed E-state index contributed by atoms with van der Waals surface area (Å²) >= 11 is 0. The van der Waals surface area contributed by atoms with Crippen LogP contribution in [0.2, 0.25) is 0 Å². The molecule has 0 aliphatic carbocycles. The topological polar surface area (TPSA) is 63.6 Å². The molecular weight excluding hydrogens is 232 g/mol. The minimum Gasteiger partial charge on any atom is -0.396 e. The SMILES string of the molecule is C=C(C)C(=O)OC(=O)C(CCO)c1ccccc1. The van der Waals surface area contributed by atoms with Gasteiger partial charge in [0.1, 0.15) is 0 Å². The Bertz CT molecular complexity index is 436. The second-order valence-corrected chi connectivity index (χ2v) is 3.96. The van der Waals surface area contributed by atoms with Gasteiger partial charge in [-0.3, -0.25) is 4.79 Å². The Morgan fingerprint density at radius 3 is 2.44 bits per heavy atom. The lowest BCUT2D eigenvalue weighted by atomic mass is 9.96. The van der Waals surface area contributed by atoms with Crippen molar-refractivity contribution in [1.82, 2.24) is 0 Å². The van der Waals surface area contributed by atoms with Crippen LogP contribution in [0.3, 0.4) is 0 Å². The molecule has 4 nitrogen and oxygen atoms in total. The standard InChI is InChI=1S/C14H16O4/c1-10(2)13(16)18-14(17)12(8-9-15)11-6-4-3-5-7-11/h3-7,12,15H,1,8-9H2,2H3. The number of hydrogen-bond donors (Lipinski definition) is 1. The van der Waals surface area contributed by atoms with Crippen LogP contribution in [0.1, 0.15) is 24.8 Å². The van der Waals surface area contributed by atoms with E-state index in [4.69, 9.17) is 9.84 Å². The highest BCUT2D eigenvalue weighted by Gasteiger charge is 2.24. The first-order valence-corrected chi connectivity index (χ1v) is 5.63. The number of aliphatic hydroxyl groups excluding tert-OH is 1. The maximum Gasteiger partial charge on any atom is 0.340 e. The van der Waals surface area contributed by atoms with Crippen molar-refractivity contribution >= 4 is 11.9 Å². The van der Waals surface area contributed by atoms with Gasteiger partial charge in [0.2, 0.25) is 0 Å². The Labute approximate surface area is 106 Å². The summed E-state index contributed by atoms with van der Waals surface area (Å²) in [6.07, 6.45) is 0.215. The Balaban J connectivity index is 2.83. The van der Waals surface area contributed by atoms with Crippen molar-refractivity contribution in [3.8, 4) is 0 Å². The molecule has 1 aromatic carbocycles. The average molecular weight is 248 g/mol. The van der Waals surface area contributed by atoms with Crippen LogP contribution in [0.5, 0.6) is 0 Å². The van der Waals surface area contributed by atoms with E-state index in [1.165, 1.54) is 6.92 Å². The van der Waals surface area contributed by atoms with Gasteiger partial charge in [0, 0.05) is 12.2 Å². The van der Waals surface area contributed by atoms with Crippen molar-refractivity contribution < 1.29 is 19.4 Å². The number of hydrogen-bond acceptors (Lipinski definition) is 4. The summed E-state index contributed by atoms with van der Waals surface area (Å²) in [6.45, 7) is 4.72. The quantitative estimate of drug-likeness (QED) is 0.490. The molecule has 0 heterocycles. The van der Waals surface area contributed by atoms with Crippen molar-refractivity contribution in [2.45, 2.75) is 19.3 Å². The molecule has 1 unspecified atom stereocenters. The summed E-state index contributed by atoms with van der Waals surface area (Å²) < 4.78 is 4.69. The van der Waals surface area contributed by atoms with E-state index >= 15 is 0 Å². The molecule has 96 valence electrons. The Morgan fingerprint density at radius 1 is 1.33 bits per heavy atom. The van der Waals surface area contributed by atoms with Crippen LogP contribution in [0.15, 0.2) is 42.5 Å². The van der Waals surface area contributed by atoms with Gasteiger partial charge in [-0.1, -0.05) is 36.9 Å². The summed E-state index contributed by atoms with van der Waals surface area (Å²) in [5.74, 6) is -2.04. The number of aliphatic hydroxyl groups is 1. The molecule has 1 rings (SSSR count). The highest BCUT2D eigenvalue weighted by Crippen LogP contribution is 2.21. The Hall–Kier alpha value is -1.94. The fraction of sp³-hybridized carbons (Fsp3) is 0.286. The maximum atomic E-state index is 11.9. The second-order valence-electron chi connectivity index (χ2n) is 3.96. The number of esters is 2. The van der Waals surface area contributed by atoms with Crippen molar-refractivity contribution in [3.63, 3.8) is 0 Å².